The maximum absolute atomic E-state index is 5.76. The Morgan fingerprint density at radius 1 is 1.09 bits per heavy atom. The second-order valence-electron chi connectivity index (χ2n) is 6.85. The standard InChI is InChI=1S/C19H28N2S/c1-5-21(6-2)14-16-17(12-19(3,4)13-18(16)22)20-15-10-8-7-9-11-15/h7-11,20H,5-6,12-14H2,1-4H3. The van der Waals surface area contributed by atoms with Crippen LogP contribution in [-0.2, 0) is 0 Å². The Labute approximate surface area is 140 Å². The molecule has 3 heteroatoms. The molecule has 1 aromatic carbocycles. The predicted molar refractivity (Wildman–Crippen MR) is 100 cm³/mol. The quantitative estimate of drug-likeness (QED) is 0.753. The van der Waals surface area contributed by atoms with E-state index in [4.69, 9.17) is 12.2 Å². The van der Waals surface area contributed by atoms with E-state index in [0.717, 1.165) is 43.0 Å². The van der Waals surface area contributed by atoms with Crippen molar-refractivity contribution in [3.63, 3.8) is 0 Å². The van der Waals surface area contributed by atoms with Gasteiger partial charge in [-0.1, -0.05) is 58.1 Å². The van der Waals surface area contributed by atoms with Crippen molar-refractivity contribution in [3.8, 4) is 0 Å². The average molecular weight is 317 g/mol. The van der Waals surface area contributed by atoms with Crippen molar-refractivity contribution in [3.05, 3.63) is 41.6 Å². The first kappa shape index (κ1) is 17.2. The lowest BCUT2D eigenvalue weighted by Crippen LogP contribution is -2.34. The summed E-state index contributed by atoms with van der Waals surface area (Å²) in [7, 11) is 0. The minimum atomic E-state index is 0.237. The van der Waals surface area contributed by atoms with E-state index in [1.165, 1.54) is 11.3 Å². The third-order valence-corrected chi connectivity index (χ3v) is 4.73. The van der Waals surface area contributed by atoms with Gasteiger partial charge in [-0.05, 0) is 49.1 Å². The van der Waals surface area contributed by atoms with E-state index >= 15 is 0 Å². The first-order valence-electron chi connectivity index (χ1n) is 8.25. The molecule has 0 unspecified atom stereocenters. The van der Waals surface area contributed by atoms with Gasteiger partial charge in [0.25, 0.3) is 0 Å². The summed E-state index contributed by atoms with van der Waals surface area (Å²) < 4.78 is 0. The van der Waals surface area contributed by atoms with Crippen LogP contribution in [0.2, 0.25) is 0 Å². The minimum absolute atomic E-state index is 0.237. The van der Waals surface area contributed by atoms with Crippen molar-refractivity contribution < 1.29 is 0 Å². The second kappa shape index (κ2) is 7.38. The highest BCUT2D eigenvalue weighted by Gasteiger charge is 2.31. The molecule has 0 aromatic heterocycles. The van der Waals surface area contributed by atoms with Crippen molar-refractivity contribution >= 4 is 22.8 Å². The third kappa shape index (κ3) is 4.40. The van der Waals surface area contributed by atoms with Crippen LogP contribution in [-0.4, -0.2) is 29.4 Å². The monoisotopic (exact) mass is 316 g/mol. The van der Waals surface area contributed by atoms with Crippen LogP contribution in [0.25, 0.3) is 0 Å². The maximum Gasteiger partial charge on any atom is 0.0381 e. The molecule has 0 fully saturated rings. The first-order chi connectivity index (χ1) is 10.4. The highest BCUT2D eigenvalue weighted by Crippen LogP contribution is 2.38. The molecule has 1 aromatic rings. The van der Waals surface area contributed by atoms with Crippen LogP contribution < -0.4 is 5.32 Å². The third-order valence-electron chi connectivity index (χ3n) is 4.34. The number of allylic oxidation sites excluding steroid dienone is 1. The normalized spacial score (nSPS) is 18.0. The molecular weight excluding hydrogens is 288 g/mol. The fraction of sp³-hybridized carbons (Fsp3) is 0.526. The lowest BCUT2D eigenvalue weighted by Gasteiger charge is -2.36. The number of para-hydroxylation sites is 1. The summed E-state index contributed by atoms with van der Waals surface area (Å²) in [5.74, 6) is 0. The van der Waals surface area contributed by atoms with Gasteiger partial charge in [-0.2, -0.15) is 0 Å². The van der Waals surface area contributed by atoms with Gasteiger partial charge < -0.3 is 5.32 Å². The average Bonchev–Trinajstić information content (AvgIpc) is 2.47. The molecule has 0 aliphatic heterocycles. The van der Waals surface area contributed by atoms with Crippen LogP contribution in [0, 0.1) is 5.41 Å². The van der Waals surface area contributed by atoms with E-state index in [9.17, 15) is 0 Å². The van der Waals surface area contributed by atoms with E-state index in [0.29, 0.717) is 0 Å². The summed E-state index contributed by atoms with van der Waals surface area (Å²) >= 11 is 5.76. The molecular formula is C19H28N2S. The number of likely N-dealkylation sites (N-methyl/N-ethyl adjacent to an activating group) is 1. The second-order valence-corrected chi connectivity index (χ2v) is 7.34. The Morgan fingerprint density at radius 3 is 2.32 bits per heavy atom. The molecule has 1 N–H and O–H groups in total. The van der Waals surface area contributed by atoms with E-state index in [1.807, 2.05) is 6.07 Å². The highest BCUT2D eigenvalue weighted by atomic mass is 32.1. The lowest BCUT2D eigenvalue weighted by atomic mass is 9.76. The van der Waals surface area contributed by atoms with Crippen LogP contribution in [0.4, 0.5) is 5.69 Å². The number of hydrogen-bond donors (Lipinski definition) is 1. The molecule has 0 bridgehead atoms. The molecule has 0 amide bonds. The molecule has 0 saturated heterocycles. The largest absolute Gasteiger partial charge is 0.359 e. The highest BCUT2D eigenvalue weighted by molar-refractivity contribution is 7.80. The van der Waals surface area contributed by atoms with Gasteiger partial charge in [-0.3, -0.25) is 4.90 Å². The lowest BCUT2D eigenvalue weighted by molar-refractivity contribution is 0.323. The van der Waals surface area contributed by atoms with Gasteiger partial charge in [-0.15, -0.1) is 0 Å². The molecule has 1 aliphatic carbocycles. The SMILES string of the molecule is CCN(CC)CC1=C(Nc2ccccc2)CC(C)(C)CC1=S. The number of thiocarbonyl (C=S) groups is 1. The van der Waals surface area contributed by atoms with Crippen LogP contribution in [0.15, 0.2) is 41.6 Å². The van der Waals surface area contributed by atoms with Crippen molar-refractivity contribution in [1.29, 1.82) is 0 Å². The summed E-state index contributed by atoms with van der Waals surface area (Å²) in [6.45, 7) is 12.1. The van der Waals surface area contributed by atoms with Crippen molar-refractivity contribution in [2.75, 3.05) is 25.0 Å². The molecule has 22 heavy (non-hydrogen) atoms. The van der Waals surface area contributed by atoms with Crippen LogP contribution >= 0.6 is 12.2 Å². The Bertz CT molecular complexity index is 542. The van der Waals surface area contributed by atoms with Gasteiger partial charge in [0.05, 0.1) is 0 Å². The summed E-state index contributed by atoms with van der Waals surface area (Å²) in [6, 6.07) is 10.4. The number of nitrogens with one attached hydrogen (secondary N) is 1. The fourth-order valence-corrected chi connectivity index (χ4v) is 3.61. The fourth-order valence-electron chi connectivity index (χ4n) is 3.03. The topological polar surface area (TPSA) is 15.3 Å². The Hall–Kier alpha value is -1.19. The molecule has 2 nitrogen and oxygen atoms in total. The Morgan fingerprint density at radius 2 is 1.73 bits per heavy atom. The molecule has 120 valence electrons. The molecule has 1 aliphatic rings. The minimum Gasteiger partial charge on any atom is -0.359 e. The number of nitrogens with zero attached hydrogens (tertiary/aromatic N) is 1. The van der Waals surface area contributed by atoms with Gasteiger partial charge in [-0.25, -0.2) is 0 Å². The van der Waals surface area contributed by atoms with Crippen molar-refractivity contribution in [1.82, 2.24) is 4.90 Å². The van der Waals surface area contributed by atoms with Gasteiger partial charge in [0.15, 0.2) is 0 Å². The summed E-state index contributed by atoms with van der Waals surface area (Å²) in [5.41, 5.74) is 4.03. The van der Waals surface area contributed by atoms with Crippen molar-refractivity contribution in [2.24, 2.45) is 5.41 Å². The van der Waals surface area contributed by atoms with Crippen LogP contribution in [0.1, 0.15) is 40.5 Å². The molecule has 0 radical (unpaired) electrons. The molecule has 0 saturated carbocycles. The predicted octanol–water partition coefficient (Wildman–Crippen LogP) is 4.88. The summed E-state index contributed by atoms with van der Waals surface area (Å²) in [4.78, 5) is 3.56. The first-order valence-corrected chi connectivity index (χ1v) is 8.65. The van der Waals surface area contributed by atoms with E-state index in [2.05, 4.69) is 62.2 Å². The van der Waals surface area contributed by atoms with Crippen LogP contribution in [0.3, 0.4) is 0 Å². The summed E-state index contributed by atoms with van der Waals surface area (Å²) in [6.07, 6.45) is 2.07. The zero-order valence-corrected chi connectivity index (χ0v) is 15.1. The summed E-state index contributed by atoms with van der Waals surface area (Å²) in [5, 5.41) is 3.64. The molecule has 0 spiro atoms. The van der Waals surface area contributed by atoms with Crippen molar-refractivity contribution in [2.45, 2.75) is 40.5 Å². The zero-order valence-electron chi connectivity index (χ0n) is 14.3. The van der Waals surface area contributed by atoms with Gasteiger partial charge in [0, 0.05) is 22.8 Å². The maximum atomic E-state index is 5.76. The van der Waals surface area contributed by atoms with Crippen LogP contribution in [0.5, 0.6) is 0 Å². The molecule has 0 atom stereocenters. The zero-order chi connectivity index (χ0) is 16.2. The Kier molecular flexibility index (Phi) is 5.76. The number of rotatable bonds is 6. The molecule has 2 rings (SSSR count). The smallest absolute Gasteiger partial charge is 0.0381 e. The van der Waals surface area contributed by atoms with Gasteiger partial charge in [0.1, 0.15) is 0 Å². The number of hydrogen-bond acceptors (Lipinski definition) is 3. The molecule has 0 heterocycles. The Balaban J connectivity index is 2.31. The number of anilines is 1. The number of benzene rings is 1. The van der Waals surface area contributed by atoms with Gasteiger partial charge >= 0.3 is 0 Å². The van der Waals surface area contributed by atoms with Gasteiger partial charge in [0.2, 0.25) is 0 Å². The van der Waals surface area contributed by atoms with E-state index in [-0.39, 0.29) is 5.41 Å². The van der Waals surface area contributed by atoms with E-state index < -0.39 is 0 Å². The van der Waals surface area contributed by atoms with E-state index in [1.54, 1.807) is 0 Å².